The van der Waals surface area contributed by atoms with E-state index >= 15 is 0 Å². The Morgan fingerprint density at radius 3 is 2.16 bits per heavy atom. The van der Waals surface area contributed by atoms with Crippen LogP contribution in [0.5, 0.6) is 0 Å². The highest BCUT2D eigenvalue weighted by Gasteiger charge is 2.58. The highest BCUT2D eigenvalue weighted by molar-refractivity contribution is 8.00. The van der Waals surface area contributed by atoms with E-state index in [2.05, 4.69) is 0 Å². The molecular formula is C27H29F6NO2S. The monoisotopic (exact) mass is 545 g/mol. The van der Waals surface area contributed by atoms with E-state index in [1.165, 1.54) is 36.0 Å². The molecule has 1 aliphatic carbocycles. The molecule has 0 radical (unpaired) electrons. The first-order valence-corrected chi connectivity index (χ1v) is 13.1. The average molecular weight is 546 g/mol. The summed E-state index contributed by atoms with van der Waals surface area (Å²) < 4.78 is 80.3. The number of thioether (sulfide) groups is 1. The van der Waals surface area contributed by atoms with E-state index in [0.717, 1.165) is 44.2 Å². The third kappa shape index (κ3) is 5.50. The normalized spacial score (nSPS) is 24.7. The van der Waals surface area contributed by atoms with Crippen molar-refractivity contribution in [3.8, 4) is 0 Å². The second-order valence-electron chi connectivity index (χ2n) is 9.90. The van der Waals surface area contributed by atoms with Crippen molar-refractivity contribution >= 4 is 17.7 Å². The lowest BCUT2D eigenvalue weighted by Gasteiger charge is -2.32. The van der Waals surface area contributed by atoms with Crippen LogP contribution in [-0.2, 0) is 15.2 Å². The van der Waals surface area contributed by atoms with Gasteiger partial charge in [0.1, 0.15) is 12.5 Å². The van der Waals surface area contributed by atoms with E-state index in [9.17, 15) is 36.2 Å². The van der Waals surface area contributed by atoms with Gasteiger partial charge in [0.15, 0.2) is 0 Å². The van der Waals surface area contributed by atoms with E-state index in [-0.39, 0.29) is 31.4 Å². The number of likely N-dealkylation sites (tertiary alicyclic amines) is 1. The van der Waals surface area contributed by atoms with Gasteiger partial charge in [-0.1, -0.05) is 43.5 Å². The standard InChI is InChI=1S/C27H29F6NO2S/c28-16-26(30,27(31,32)33)20-8-6-19(7-9-20)25(37-23-12-10-21(29)11-13-23)14-22(15-35)34(17-25)24(36)18-4-2-1-3-5-18/h6-13,18,22,35H,1-5,14-17H2. The van der Waals surface area contributed by atoms with Crippen LogP contribution in [0.1, 0.15) is 49.7 Å². The number of amides is 1. The SMILES string of the molecule is O=C(C1CCCCC1)N1CC(Sc2ccc(F)cc2)(c2ccc(C(F)(CF)C(F)(F)F)cc2)CC1CO. The van der Waals surface area contributed by atoms with Gasteiger partial charge in [-0.2, -0.15) is 13.2 Å². The number of aliphatic hydroxyl groups excluding tert-OH is 1. The molecule has 0 bridgehead atoms. The van der Waals surface area contributed by atoms with Crippen LogP contribution in [0.3, 0.4) is 0 Å². The fourth-order valence-corrected chi connectivity index (χ4v) is 6.85. The summed E-state index contributed by atoms with van der Waals surface area (Å²) in [6, 6.07) is 9.67. The van der Waals surface area contributed by atoms with Gasteiger partial charge in [0.05, 0.1) is 17.4 Å². The van der Waals surface area contributed by atoms with Crippen molar-refractivity contribution in [1.29, 1.82) is 0 Å². The summed E-state index contributed by atoms with van der Waals surface area (Å²) in [6.45, 7) is -2.38. The Morgan fingerprint density at radius 1 is 1.00 bits per heavy atom. The van der Waals surface area contributed by atoms with Crippen molar-refractivity contribution in [2.45, 2.75) is 66.1 Å². The van der Waals surface area contributed by atoms with Crippen LogP contribution in [0.2, 0.25) is 0 Å². The smallest absolute Gasteiger partial charge is 0.394 e. The Bertz CT molecular complexity index is 1070. The number of benzene rings is 2. The molecule has 2 aliphatic rings. The molecule has 2 aromatic rings. The molecule has 1 saturated heterocycles. The van der Waals surface area contributed by atoms with Crippen LogP contribution in [-0.4, -0.2) is 48.0 Å². The summed E-state index contributed by atoms with van der Waals surface area (Å²) in [5, 5.41) is 10.2. The number of rotatable bonds is 7. The Morgan fingerprint density at radius 2 is 1.62 bits per heavy atom. The Balaban J connectivity index is 1.71. The minimum atomic E-state index is -5.43. The van der Waals surface area contributed by atoms with E-state index in [1.807, 2.05) is 0 Å². The first-order valence-electron chi connectivity index (χ1n) is 12.3. The summed E-state index contributed by atoms with van der Waals surface area (Å²) in [5.74, 6) is -0.649. The molecule has 3 unspecified atom stereocenters. The maximum Gasteiger partial charge on any atom is 0.429 e. The summed E-state index contributed by atoms with van der Waals surface area (Å²) in [7, 11) is 0. The van der Waals surface area contributed by atoms with Gasteiger partial charge in [-0.15, -0.1) is 11.8 Å². The van der Waals surface area contributed by atoms with Crippen LogP contribution in [0.25, 0.3) is 0 Å². The molecule has 3 atom stereocenters. The first-order chi connectivity index (χ1) is 17.5. The van der Waals surface area contributed by atoms with Gasteiger partial charge in [0.2, 0.25) is 5.91 Å². The zero-order valence-electron chi connectivity index (χ0n) is 20.1. The molecule has 1 heterocycles. The zero-order chi connectivity index (χ0) is 26.8. The van der Waals surface area contributed by atoms with Crippen LogP contribution in [0, 0.1) is 11.7 Å². The van der Waals surface area contributed by atoms with Crippen LogP contribution >= 0.6 is 11.8 Å². The lowest BCUT2D eigenvalue weighted by Crippen LogP contribution is -2.42. The molecule has 10 heteroatoms. The van der Waals surface area contributed by atoms with Crippen molar-refractivity contribution in [3.63, 3.8) is 0 Å². The molecule has 1 saturated carbocycles. The summed E-state index contributed by atoms with van der Waals surface area (Å²) in [5.41, 5.74) is -4.47. The predicted molar refractivity (Wildman–Crippen MR) is 129 cm³/mol. The van der Waals surface area contributed by atoms with Gasteiger partial charge in [-0.3, -0.25) is 4.79 Å². The third-order valence-electron chi connectivity index (χ3n) is 7.51. The van der Waals surface area contributed by atoms with Crippen LogP contribution in [0.15, 0.2) is 53.4 Å². The van der Waals surface area contributed by atoms with E-state index in [1.54, 1.807) is 17.0 Å². The molecule has 4 rings (SSSR count). The Labute approximate surface area is 216 Å². The zero-order valence-corrected chi connectivity index (χ0v) is 20.9. The Kier molecular flexibility index (Phi) is 8.19. The number of hydrogen-bond acceptors (Lipinski definition) is 3. The molecule has 1 N–H and O–H groups in total. The van der Waals surface area contributed by atoms with E-state index in [0.29, 0.717) is 10.5 Å². The van der Waals surface area contributed by atoms with Crippen molar-refractivity contribution in [1.82, 2.24) is 4.90 Å². The molecule has 2 fully saturated rings. The first kappa shape index (κ1) is 27.8. The fourth-order valence-electron chi connectivity index (χ4n) is 5.39. The number of halogens is 6. The summed E-state index contributed by atoms with van der Waals surface area (Å²) in [4.78, 5) is 15.8. The second kappa shape index (κ2) is 10.9. The summed E-state index contributed by atoms with van der Waals surface area (Å²) in [6.07, 6.45) is -0.655. The molecule has 0 spiro atoms. The highest BCUT2D eigenvalue weighted by atomic mass is 32.2. The number of alkyl halides is 5. The molecule has 2 aromatic carbocycles. The van der Waals surface area contributed by atoms with Crippen LogP contribution < -0.4 is 0 Å². The molecular weight excluding hydrogens is 516 g/mol. The lowest BCUT2D eigenvalue weighted by atomic mass is 9.88. The lowest BCUT2D eigenvalue weighted by molar-refractivity contribution is -0.240. The number of carbonyl (C=O) groups excluding carboxylic acids is 1. The maximum atomic E-state index is 14.6. The topological polar surface area (TPSA) is 40.5 Å². The predicted octanol–water partition coefficient (Wildman–Crippen LogP) is 6.68. The van der Waals surface area contributed by atoms with Crippen molar-refractivity contribution in [2.24, 2.45) is 5.92 Å². The van der Waals surface area contributed by atoms with Crippen molar-refractivity contribution in [3.05, 3.63) is 65.5 Å². The molecule has 1 amide bonds. The average Bonchev–Trinajstić information content (AvgIpc) is 3.28. The number of hydrogen-bond donors (Lipinski definition) is 1. The molecule has 1 aliphatic heterocycles. The maximum absolute atomic E-state index is 14.6. The van der Waals surface area contributed by atoms with Gasteiger partial charge in [-0.05, 0) is 49.1 Å². The van der Waals surface area contributed by atoms with Gasteiger partial charge in [-0.25, -0.2) is 13.2 Å². The second-order valence-corrected chi connectivity index (χ2v) is 11.4. The van der Waals surface area contributed by atoms with Gasteiger partial charge < -0.3 is 10.0 Å². The quantitative estimate of drug-likeness (QED) is 0.395. The Hall–Kier alpha value is -2.20. The number of carbonyl (C=O) groups is 1. The van der Waals surface area contributed by atoms with E-state index < -0.39 is 40.7 Å². The van der Waals surface area contributed by atoms with Gasteiger partial charge in [0.25, 0.3) is 5.67 Å². The van der Waals surface area contributed by atoms with Crippen molar-refractivity contribution in [2.75, 3.05) is 19.8 Å². The minimum absolute atomic E-state index is 0.0609. The number of nitrogens with zero attached hydrogens (tertiary/aromatic N) is 1. The summed E-state index contributed by atoms with van der Waals surface area (Å²) >= 11 is 1.31. The molecule has 0 aromatic heterocycles. The molecule has 3 nitrogen and oxygen atoms in total. The van der Waals surface area contributed by atoms with Gasteiger partial charge >= 0.3 is 6.18 Å². The van der Waals surface area contributed by atoms with Crippen molar-refractivity contribution < 1.29 is 36.2 Å². The van der Waals surface area contributed by atoms with Crippen LogP contribution in [0.4, 0.5) is 26.3 Å². The van der Waals surface area contributed by atoms with Gasteiger partial charge in [0, 0.05) is 22.9 Å². The largest absolute Gasteiger partial charge is 0.429 e. The van der Waals surface area contributed by atoms with E-state index in [4.69, 9.17) is 0 Å². The fraction of sp³-hybridized carbons (Fsp3) is 0.519. The molecule has 37 heavy (non-hydrogen) atoms. The third-order valence-corrected chi connectivity index (χ3v) is 8.94. The highest BCUT2D eigenvalue weighted by Crippen LogP contribution is 2.51. The molecule has 202 valence electrons. The minimum Gasteiger partial charge on any atom is -0.394 e. The number of aliphatic hydroxyl groups is 1.